The molecular formula is C8H11BrN2. The highest BCUT2D eigenvalue weighted by Crippen LogP contribution is 2.00. The Labute approximate surface area is 75.0 Å². The van der Waals surface area contributed by atoms with Crippen LogP contribution in [-0.2, 0) is 7.05 Å². The maximum Gasteiger partial charge on any atom is 0.0603 e. The summed E-state index contributed by atoms with van der Waals surface area (Å²) >= 11 is 3.36. The van der Waals surface area contributed by atoms with Gasteiger partial charge in [-0.2, -0.15) is 5.10 Å². The first-order chi connectivity index (χ1) is 5.34. The van der Waals surface area contributed by atoms with E-state index in [9.17, 15) is 0 Å². The van der Waals surface area contributed by atoms with Crippen LogP contribution in [0, 0.1) is 0 Å². The van der Waals surface area contributed by atoms with E-state index in [1.54, 1.807) is 6.20 Å². The van der Waals surface area contributed by atoms with Gasteiger partial charge in [0.25, 0.3) is 0 Å². The normalized spacial score (nSPS) is 11.1. The van der Waals surface area contributed by atoms with E-state index in [-0.39, 0.29) is 0 Å². The summed E-state index contributed by atoms with van der Waals surface area (Å²) < 4.78 is 1.85. The highest BCUT2D eigenvalue weighted by atomic mass is 79.9. The van der Waals surface area contributed by atoms with Crippen molar-refractivity contribution < 1.29 is 0 Å². The highest BCUT2D eigenvalue weighted by molar-refractivity contribution is 9.09. The number of aryl methyl sites for hydroxylation is 1. The molecule has 1 rings (SSSR count). The van der Waals surface area contributed by atoms with Crippen LogP contribution in [0.3, 0.4) is 0 Å². The molecule has 1 aromatic rings. The van der Waals surface area contributed by atoms with Gasteiger partial charge >= 0.3 is 0 Å². The third kappa shape index (κ3) is 2.50. The molecule has 0 fully saturated rings. The van der Waals surface area contributed by atoms with Crippen molar-refractivity contribution in [1.82, 2.24) is 9.78 Å². The fraction of sp³-hybridized carbons (Fsp3) is 0.375. The molecule has 0 aromatic carbocycles. The van der Waals surface area contributed by atoms with Crippen molar-refractivity contribution in [2.45, 2.75) is 6.42 Å². The average molecular weight is 215 g/mol. The van der Waals surface area contributed by atoms with Crippen LogP contribution < -0.4 is 0 Å². The fourth-order valence-corrected chi connectivity index (χ4v) is 1.08. The first-order valence-corrected chi connectivity index (χ1v) is 4.67. The zero-order chi connectivity index (χ0) is 8.10. The first kappa shape index (κ1) is 8.53. The SMILES string of the molecule is Cn1nccc1C=CCCBr. The maximum atomic E-state index is 4.05. The topological polar surface area (TPSA) is 17.8 Å². The molecule has 0 aliphatic heterocycles. The van der Waals surface area contributed by atoms with E-state index < -0.39 is 0 Å². The van der Waals surface area contributed by atoms with Crippen molar-refractivity contribution in [2.75, 3.05) is 5.33 Å². The van der Waals surface area contributed by atoms with Crippen molar-refractivity contribution in [3.63, 3.8) is 0 Å². The molecule has 0 atom stereocenters. The molecular weight excluding hydrogens is 204 g/mol. The van der Waals surface area contributed by atoms with Crippen LogP contribution in [0.2, 0.25) is 0 Å². The molecule has 2 nitrogen and oxygen atoms in total. The standard InChI is InChI=1S/C8H11BrN2/c1-11-8(5-7-10-11)4-2-3-6-9/h2,4-5,7H,3,6H2,1H3. The van der Waals surface area contributed by atoms with Gasteiger partial charge in [0.1, 0.15) is 0 Å². The molecule has 3 heteroatoms. The zero-order valence-corrected chi connectivity index (χ0v) is 8.08. The summed E-state index contributed by atoms with van der Waals surface area (Å²) in [5.41, 5.74) is 1.14. The summed E-state index contributed by atoms with van der Waals surface area (Å²) in [6, 6.07) is 1.99. The van der Waals surface area contributed by atoms with Crippen LogP contribution in [-0.4, -0.2) is 15.1 Å². The maximum absolute atomic E-state index is 4.05. The lowest BCUT2D eigenvalue weighted by molar-refractivity contribution is 0.759. The molecule has 0 spiro atoms. The Morgan fingerprint density at radius 2 is 2.55 bits per heavy atom. The predicted octanol–water partition coefficient (Wildman–Crippen LogP) is 2.22. The number of nitrogens with zero attached hydrogens (tertiary/aromatic N) is 2. The Balaban J connectivity index is 2.56. The van der Waals surface area contributed by atoms with Crippen LogP contribution in [0.4, 0.5) is 0 Å². The summed E-state index contributed by atoms with van der Waals surface area (Å²) in [6.45, 7) is 0. The second-order valence-electron chi connectivity index (χ2n) is 2.26. The van der Waals surface area contributed by atoms with E-state index in [1.807, 2.05) is 17.8 Å². The lowest BCUT2D eigenvalue weighted by atomic mass is 10.3. The first-order valence-electron chi connectivity index (χ1n) is 3.55. The van der Waals surface area contributed by atoms with E-state index in [0.717, 1.165) is 17.4 Å². The van der Waals surface area contributed by atoms with Crippen LogP contribution in [0.5, 0.6) is 0 Å². The van der Waals surface area contributed by atoms with E-state index >= 15 is 0 Å². The van der Waals surface area contributed by atoms with E-state index in [2.05, 4.69) is 33.2 Å². The molecule has 0 unspecified atom stereocenters. The summed E-state index contributed by atoms with van der Waals surface area (Å²) in [5, 5.41) is 5.06. The molecule has 0 aliphatic carbocycles. The summed E-state index contributed by atoms with van der Waals surface area (Å²) in [7, 11) is 1.94. The minimum Gasteiger partial charge on any atom is -0.269 e. The minimum absolute atomic E-state index is 1.02. The molecule has 11 heavy (non-hydrogen) atoms. The van der Waals surface area contributed by atoms with Gasteiger partial charge in [-0.25, -0.2) is 0 Å². The van der Waals surface area contributed by atoms with Crippen LogP contribution >= 0.6 is 15.9 Å². The third-order valence-corrected chi connectivity index (χ3v) is 1.88. The summed E-state index contributed by atoms with van der Waals surface area (Å²) in [6.07, 6.45) is 7.07. The Morgan fingerprint density at radius 3 is 3.09 bits per heavy atom. The Morgan fingerprint density at radius 1 is 1.73 bits per heavy atom. The van der Waals surface area contributed by atoms with Gasteiger partial charge in [0.05, 0.1) is 5.69 Å². The van der Waals surface area contributed by atoms with Gasteiger partial charge in [0.15, 0.2) is 0 Å². The number of hydrogen-bond acceptors (Lipinski definition) is 1. The highest BCUT2D eigenvalue weighted by Gasteiger charge is 1.89. The number of rotatable bonds is 3. The van der Waals surface area contributed by atoms with Gasteiger partial charge in [-0.15, -0.1) is 0 Å². The third-order valence-electron chi connectivity index (χ3n) is 1.42. The zero-order valence-electron chi connectivity index (χ0n) is 6.50. The second-order valence-corrected chi connectivity index (χ2v) is 3.05. The molecule has 0 saturated carbocycles. The van der Waals surface area contributed by atoms with Crippen molar-refractivity contribution in [1.29, 1.82) is 0 Å². The van der Waals surface area contributed by atoms with Gasteiger partial charge < -0.3 is 0 Å². The van der Waals surface area contributed by atoms with Crippen LogP contribution in [0.25, 0.3) is 6.08 Å². The van der Waals surface area contributed by atoms with Crippen LogP contribution in [0.15, 0.2) is 18.3 Å². The van der Waals surface area contributed by atoms with Gasteiger partial charge in [-0.1, -0.05) is 22.0 Å². The number of halogens is 1. The molecule has 0 radical (unpaired) electrons. The van der Waals surface area contributed by atoms with E-state index in [1.165, 1.54) is 0 Å². The molecule has 0 amide bonds. The van der Waals surface area contributed by atoms with Gasteiger partial charge in [-0.05, 0) is 18.6 Å². The number of allylic oxidation sites excluding steroid dienone is 1. The average Bonchev–Trinajstić information content (AvgIpc) is 2.37. The summed E-state index contributed by atoms with van der Waals surface area (Å²) in [4.78, 5) is 0. The number of hydrogen-bond donors (Lipinski definition) is 0. The Hall–Kier alpha value is -0.570. The van der Waals surface area contributed by atoms with Crippen LogP contribution in [0.1, 0.15) is 12.1 Å². The Kier molecular flexibility index (Phi) is 3.36. The lowest BCUT2D eigenvalue weighted by Crippen LogP contribution is -1.91. The Bertz CT molecular complexity index is 240. The molecule has 1 heterocycles. The molecule has 60 valence electrons. The van der Waals surface area contributed by atoms with Crippen molar-refractivity contribution in [3.05, 3.63) is 24.0 Å². The number of alkyl halides is 1. The molecule has 0 N–H and O–H groups in total. The van der Waals surface area contributed by atoms with Crippen molar-refractivity contribution >= 4 is 22.0 Å². The van der Waals surface area contributed by atoms with Gasteiger partial charge in [-0.3, -0.25) is 4.68 Å². The predicted molar refractivity (Wildman–Crippen MR) is 50.7 cm³/mol. The molecule has 0 aliphatic rings. The fourth-order valence-electron chi connectivity index (χ4n) is 0.815. The number of aromatic nitrogens is 2. The monoisotopic (exact) mass is 214 g/mol. The smallest absolute Gasteiger partial charge is 0.0603 e. The quantitative estimate of drug-likeness (QED) is 0.707. The molecule has 0 saturated heterocycles. The van der Waals surface area contributed by atoms with Crippen molar-refractivity contribution in [2.24, 2.45) is 7.05 Å². The molecule has 0 bridgehead atoms. The second kappa shape index (κ2) is 4.34. The largest absolute Gasteiger partial charge is 0.269 e. The summed E-state index contributed by atoms with van der Waals surface area (Å²) in [5.74, 6) is 0. The van der Waals surface area contributed by atoms with Gasteiger partial charge in [0, 0.05) is 18.6 Å². The minimum atomic E-state index is 1.02. The van der Waals surface area contributed by atoms with Crippen molar-refractivity contribution in [3.8, 4) is 0 Å². The lowest BCUT2D eigenvalue weighted by Gasteiger charge is -1.92. The van der Waals surface area contributed by atoms with Gasteiger partial charge in [0.2, 0.25) is 0 Å². The van der Waals surface area contributed by atoms with E-state index in [0.29, 0.717) is 0 Å². The van der Waals surface area contributed by atoms with E-state index in [4.69, 9.17) is 0 Å². The molecule has 1 aromatic heterocycles.